The van der Waals surface area contributed by atoms with Crippen molar-refractivity contribution in [2.75, 3.05) is 0 Å². The van der Waals surface area contributed by atoms with Crippen LogP contribution in [0.3, 0.4) is 0 Å². The zero-order chi connectivity index (χ0) is 17.6. The minimum absolute atomic E-state index is 0.0805. The number of aromatic amines is 1. The van der Waals surface area contributed by atoms with E-state index >= 15 is 0 Å². The molecule has 132 valence electrons. The van der Waals surface area contributed by atoms with Gasteiger partial charge in [-0.25, -0.2) is 8.78 Å². The summed E-state index contributed by atoms with van der Waals surface area (Å²) in [5.41, 5.74) is -0.349. The van der Waals surface area contributed by atoms with Crippen LogP contribution in [0.5, 0.6) is 0 Å². The number of fused-ring (bicyclic) bond motifs is 2. The van der Waals surface area contributed by atoms with Gasteiger partial charge in [-0.2, -0.15) is 5.10 Å². The SMILES string of the molecule is O=C(c1ccn[nH]1)N1C2CCC1CC(O)(Cc1ccc(F)cc1F)C2. The lowest BCUT2D eigenvalue weighted by Crippen LogP contribution is -2.54. The van der Waals surface area contributed by atoms with Crippen LogP contribution in [-0.4, -0.2) is 43.8 Å². The number of H-pyrrole nitrogens is 1. The zero-order valence-electron chi connectivity index (χ0n) is 13.6. The third-order valence-electron chi connectivity index (χ3n) is 5.35. The molecule has 1 amide bonds. The van der Waals surface area contributed by atoms with Gasteiger partial charge in [0.05, 0.1) is 5.60 Å². The summed E-state index contributed by atoms with van der Waals surface area (Å²) in [6.45, 7) is 0. The second kappa shape index (κ2) is 5.91. The third kappa shape index (κ3) is 2.93. The molecule has 2 N–H and O–H groups in total. The summed E-state index contributed by atoms with van der Waals surface area (Å²) in [7, 11) is 0. The number of amides is 1. The van der Waals surface area contributed by atoms with Crippen LogP contribution in [0.15, 0.2) is 30.5 Å². The highest BCUT2D eigenvalue weighted by molar-refractivity contribution is 5.93. The molecule has 2 aromatic rings. The van der Waals surface area contributed by atoms with Crippen LogP contribution in [-0.2, 0) is 6.42 Å². The highest BCUT2D eigenvalue weighted by atomic mass is 19.1. The van der Waals surface area contributed by atoms with Crippen molar-refractivity contribution in [1.82, 2.24) is 15.1 Å². The van der Waals surface area contributed by atoms with Gasteiger partial charge in [-0.1, -0.05) is 6.07 Å². The van der Waals surface area contributed by atoms with Crippen molar-refractivity contribution >= 4 is 5.91 Å². The normalized spacial score (nSPS) is 28.4. The van der Waals surface area contributed by atoms with Crippen molar-refractivity contribution in [3.8, 4) is 0 Å². The number of halogens is 2. The first kappa shape index (κ1) is 16.2. The van der Waals surface area contributed by atoms with Crippen LogP contribution in [0.2, 0.25) is 0 Å². The van der Waals surface area contributed by atoms with E-state index in [0.717, 1.165) is 18.9 Å². The quantitative estimate of drug-likeness (QED) is 0.896. The Morgan fingerprint density at radius 2 is 2.00 bits per heavy atom. The number of nitrogens with one attached hydrogen (secondary N) is 1. The van der Waals surface area contributed by atoms with E-state index in [1.165, 1.54) is 18.3 Å². The summed E-state index contributed by atoms with van der Waals surface area (Å²) < 4.78 is 27.0. The molecule has 0 saturated carbocycles. The van der Waals surface area contributed by atoms with E-state index in [2.05, 4.69) is 10.2 Å². The molecule has 0 aliphatic carbocycles. The Bertz CT molecular complexity index is 780. The molecule has 2 fully saturated rings. The Kier molecular flexibility index (Phi) is 3.83. The van der Waals surface area contributed by atoms with Crippen molar-refractivity contribution in [3.63, 3.8) is 0 Å². The Labute approximate surface area is 143 Å². The van der Waals surface area contributed by atoms with Gasteiger partial charge in [-0.3, -0.25) is 9.89 Å². The molecule has 1 aromatic heterocycles. The Hall–Kier alpha value is -2.28. The fourth-order valence-corrected chi connectivity index (χ4v) is 4.33. The Morgan fingerprint density at radius 1 is 1.28 bits per heavy atom. The van der Waals surface area contributed by atoms with Gasteiger partial charge in [-0.05, 0) is 43.4 Å². The number of nitrogens with zero attached hydrogens (tertiary/aromatic N) is 2. The van der Waals surface area contributed by atoms with Crippen molar-refractivity contribution in [2.24, 2.45) is 0 Å². The fourth-order valence-electron chi connectivity index (χ4n) is 4.33. The number of aromatic nitrogens is 2. The molecule has 2 bridgehead atoms. The van der Waals surface area contributed by atoms with E-state index in [1.807, 2.05) is 4.90 Å². The first-order valence-electron chi connectivity index (χ1n) is 8.43. The molecule has 2 aliphatic heterocycles. The van der Waals surface area contributed by atoms with Gasteiger partial charge in [0.25, 0.3) is 5.91 Å². The molecule has 4 rings (SSSR count). The number of hydrogen-bond donors (Lipinski definition) is 2. The molecule has 1 aromatic carbocycles. The van der Waals surface area contributed by atoms with Gasteiger partial charge in [-0.15, -0.1) is 0 Å². The highest BCUT2D eigenvalue weighted by Crippen LogP contribution is 2.43. The summed E-state index contributed by atoms with van der Waals surface area (Å²) in [6.07, 6.45) is 4.07. The summed E-state index contributed by atoms with van der Waals surface area (Å²) in [5, 5.41) is 17.5. The first-order chi connectivity index (χ1) is 12.0. The van der Waals surface area contributed by atoms with Crippen molar-refractivity contribution in [2.45, 2.75) is 49.8 Å². The molecule has 3 heterocycles. The van der Waals surface area contributed by atoms with Crippen molar-refractivity contribution < 1.29 is 18.7 Å². The van der Waals surface area contributed by atoms with Crippen LogP contribution >= 0.6 is 0 Å². The average molecular weight is 347 g/mol. The first-order valence-corrected chi connectivity index (χ1v) is 8.43. The maximum Gasteiger partial charge on any atom is 0.272 e. The van der Waals surface area contributed by atoms with Gasteiger partial charge >= 0.3 is 0 Å². The molecule has 2 unspecified atom stereocenters. The van der Waals surface area contributed by atoms with E-state index < -0.39 is 17.2 Å². The second-order valence-corrected chi connectivity index (χ2v) is 7.11. The van der Waals surface area contributed by atoms with E-state index in [0.29, 0.717) is 24.1 Å². The maximum atomic E-state index is 13.9. The number of aliphatic hydroxyl groups is 1. The van der Waals surface area contributed by atoms with E-state index in [4.69, 9.17) is 0 Å². The van der Waals surface area contributed by atoms with E-state index in [-0.39, 0.29) is 24.4 Å². The van der Waals surface area contributed by atoms with E-state index in [9.17, 15) is 18.7 Å². The molecular formula is C18H19F2N3O2. The topological polar surface area (TPSA) is 69.2 Å². The smallest absolute Gasteiger partial charge is 0.272 e. The van der Waals surface area contributed by atoms with Crippen LogP contribution in [0, 0.1) is 11.6 Å². The molecule has 0 radical (unpaired) electrons. The summed E-state index contributed by atoms with van der Waals surface area (Å²) in [4.78, 5) is 14.5. The predicted octanol–water partition coefficient (Wildman–Crippen LogP) is 2.43. The molecule has 2 aliphatic rings. The second-order valence-electron chi connectivity index (χ2n) is 7.11. The van der Waals surface area contributed by atoms with Gasteiger partial charge in [0, 0.05) is 30.8 Å². The number of hydrogen-bond acceptors (Lipinski definition) is 3. The molecule has 0 spiro atoms. The van der Waals surface area contributed by atoms with Crippen LogP contribution in [0.25, 0.3) is 0 Å². The van der Waals surface area contributed by atoms with Crippen LogP contribution < -0.4 is 0 Å². The molecule has 7 heteroatoms. The fraction of sp³-hybridized carbons (Fsp3) is 0.444. The lowest BCUT2D eigenvalue weighted by Gasteiger charge is -2.43. The molecular weight excluding hydrogens is 328 g/mol. The molecule has 2 atom stereocenters. The minimum atomic E-state index is -1.09. The van der Waals surface area contributed by atoms with E-state index in [1.54, 1.807) is 6.07 Å². The molecule has 25 heavy (non-hydrogen) atoms. The minimum Gasteiger partial charge on any atom is -0.389 e. The summed E-state index contributed by atoms with van der Waals surface area (Å²) >= 11 is 0. The molecule has 2 saturated heterocycles. The van der Waals surface area contributed by atoms with Crippen LogP contribution in [0.4, 0.5) is 8.78 Å². The summed E-state index contributed by atoms with van der Waals surface area (Å²) in [6, 6.07) is 4.90. The van der Waals surface area contributed by atoms with Gasteiger partial charge in [0.1, 0.15) is 17.3 Å². The Balaban J connectivity index is 1.53. The standard InChI is InChI=1S/C18H19F2N3O2/c19-12-2-1-11(15(20)7-12)8-18(25)9-13-3-4-14(10-18)23(13)17(24)16-5-6-21-22-16/h1-2,5-7,13-14,25H,3-4,8-10H2,(H,21,22). The lowest BCUT2D eigenvalue weighted by molar-refractivity contribution is -0.0433. The Morgan fingerprint density at radius 3 is 2.60 bits per heavy atom. The maximum absolute atomic E-state index is 13.9. The van der Waals surface area contributed by atoms with Gasteiger partial charge in [0.2, 0.25) is 0 Å². The summed E-state index contributed by atoms with van der Waals surface area (Å²) in [5.74, 6) is -1.38. The highest BCUT2D eigenvalue weighted by Gasteiger charge is 2.49. The zero-order valence-corrected chi connectivity index (χ0v) is 13.6. The van der Waals surface area contributed by atoms with Crippen molar-refractivity contribution in [1.29, 1.82) is 0 Å². The number of carbonyl (C=O) groups excluding carboxylic acids is 1. The number of rotatable bonds is 3. The predicted molar refractivity (Wildman–Crippen MR) is 85.8 cm³/mol. The third-order valence-corrected chi connectivity index (χ3v) is 5.35. The lowest BCUT2D eigenvalue weighted by atomic mass is 9.81. The van der Waals surface area contributed by atoms with Crippen LogP contribution in [0.1, 0.15) is 41.7 Å². The largest absolute Gasteiger partial charge is 0.389 e. The van der Waals surface area contributed by atoms with Gasteiger partial charge in [0.15, 0.2) is 0 Å². The van der Waals surface area contributed by atoms with Gasteiger partial charge < -0.3 is 10.0 Å². The average Bonchev–Trinajstić information content (AvgIpc) is 3.17. The number of carbonyl (C=O) groups is 1. The number of benzene rings is 1. The number of piperidine rings is 1. The van der Waals surface area contributed by atoms with Crippen molar-refractivity contribution in [3.05, 3.63) is 53.4 Å². The molecule has 5 nitrogen and oxygen atoms in total. The monoisotopic (exact) mass is 347 g/mol.